The zero-order valence-electron chi connectivity index (χ0n) is 9.96. The molecule has 0 aliphatic heterocycles. The van der Waals surface area contributed by atoms with Crippen molar-refractivity contribution in [1.82, 2.24) is 9.78 Å². The lowest BCUT2D eigenvalue weighted by Crippen LogP contribution is -1.94. The van der Waals surface area contributed by atoms with Crippen LogP contribution in [0.25, 0.3) is 5.57 Å². The van der Waals surface area contributed by atoms with Crippen LogP contribution in [0, 0.1) is 26.2 Å². The molecule has 0 N–H and O–H groups in total. The number of terminal acetylenes is 1. The van der Waals surface area contributed by atoms with Crippen LogP contribution in [-0.2, 0) is 7.05 Å². The first-order valence-corrected chi connectivity index (χ1v) is 5.27. The Labute approximate surface area is 92.0 Å². The number of nitrogens with zero attached hydrogens (tertiary/aromatic N) is 2. The molecule has 2 heteroatoms. The van der Waals surface area contributed by atoms with Crippen LogP contribution < -0.4 is 0 Å². The number of hydrogen-bond acceptors (Lipinski definition) is 1. The van der Waals surface area contributed by atoms with Gasteiger partial charge in [0.25, 0.3) is 0 Å². The zero-order chi connectivity index (χ0) is 11.4. The van der Waals surface area contributed by atoms with Crippen molar-refractivity contribution in [3.05, 3.63) is 23.0 Å². The fraction of sp³-hybridized carbons (Fsp3) is 0.462. The summed E-state index contributed by atoms with van der Waals surface area (Å²) in [6, 6.07) is 0. The monoisotopic (exact) mass is 202 g/mol. The van der Waals surface area contributed by atoms with Gasteiger partial charge in [0.05, 0.1) is 5.69 Å². The number of aryl methyl sites for hydroxylation is 2. The van der Waals surface area contributed by atoms with Gasteiger partial charge in [-0.15, -0.1) is 6.42 Å². The highest BCUT2D eigenvalue weighted by Crippen LogP contribution is 2.25. The molecule has 1 rings (SSSR count). The second-order valence-electron chi connectivity index (χ2n) is 3.76. The normalized spacial score (nSPS) is 11.5. The van der Waals surface area contributed by atoms with Crippen molar-refractivity contribution in [2.45, 2.75) is 33.6 Å². The summed E-state index contributed by atoms with van der Waals surface area (Å²) in [6.07, 6.45) is 9.32. The Hall–Kier alpha value is -1.49. The van der Waals surface area contributed by atoms with Crippen molar-refractivity contribution in [2.75, 3.05) is 0 Å². The molecule has 1 heterocycles. The molecule has 2 nitrogen and oxygen atoms in total. The molecule has 1 aromatic heterocycles. The number of rotatable bonds is 3. The maximum absolute atomic E-state index is 5.35. The molecular weight excluding hydrogens is 184 g/mol. The lowest BCUT2D eigenvalue weighted by atomic mass is 9.99. The number of allylic oxidation sites excluding steroid dienone is 2. The predicted octanol–water partition coefficient (Wildman–Crippen LogP) is 2.85. The van der Waals surface area contributed by atoms with E-state index in [1.54, 1.807) is 0 Å². The maximum Gasteiger partial charge on any atom is 0.0671 e. The molecule has 1 aromatic rings. The van der Waals surface area contributed by atoms with Gasteiger partial charge in [0.15, 0.2) is 0 Å². The molecule has 0 amide bonds. The van der Waals surface area contributed by atoms with E-state index in [0.717, 1.165) is 18.5 Å². The van der Waals surface area contributed by atoms with Gasteiger partial charge < -0.3 is 0 Å². The van der Waals surface area contributed by atoms with E-state index in [1.807, 2.05) is 24.7 Å². The van der Waals surface area contributed by atoms with Crippen LogP contribution in [0.1, 0.15) is 36.7 Å². The Morgan fingerprint density at radius 3 is 2.60 bits per heavy atom. The Kier molecular flexibility index (Phi) is 3.74. The van der Waals surface area contributed by atoms with Gasteiger partial charge in [-0.25, -0.2) is 0 Å². The summed E-state index contributed by atoms with van der Waals surface area (Å²) in [5, 5.41) is 4.40. The van der Waals surface area contributed by atoms with Crippen molar-refractivity contribution in [2.24, 2.45) is 7.05 Å². The van der Waals surface area contributed by atoms with E-state index in [4.69, 9.17) is 6.42 Å². The quantitative estimate of drug-likeness (QED) is 0.689. The SMILES string of the molecule is C#C/C=C(/CCC)c1c(C)nn(C)c1C. The van der Waals surface area contributed by atoms with Crippen LogP contribution in [0.3, 0.4) is 0 Å². The molecule has 0 spiro atoms. The highest BCUT2D eigenvalue weighted by atomic mass is 15.3. The summed E-state index contributed by atoms with van der Waals surface area (Å²) in [5.41, 5.74) is 4.69. The van der Waals surface area contributed by atoms with Crippen molar-refractivity contribution >= 4 is 5.57 Å². The average molecular weight is 202 g/mol. The first-order chi connectivity index (χ1) is 7.11. The summed E-state index contributed by atoms with van der Waals surface area (Å²) in [5.74, 6) is 2.62. The van der Waals surface area contributed by atoms with E-state index < -0.39 is 0 Å². The van der Waals surface area contributed by atoms with Gasteiger partial charge in [0, 0.05) is 18.3 Å². The third-order valence-corrected chi connectivity index (χ3v) is 2.61. The number of aromatic nitrogens is 2. The molecule has 0 aliphatic carbocycles. The second kappa shape index (κ2) is 4.84. The topological polar surface area (TPSA) is 17.8 Å². The highest BCUT2D eigenvalue weighted by Gasteiger charge is 2.12. The second-order valence-corrected chi connectivity index (χ2v) is 3.76. The molecule has 0 radical (unpaired) electrons. The van der Waals surface area contributed by atoms with E-state index in [2.05, 4.69) is 24.9 Å². The smallest absolute Gasteiger partial charge is 0.0671 e. The van der Waals surface area contributed by atoms with E-state index >= 15 is 0 Å². The molecule has 0 atom stereocenters. The Bertz CT molecular complexity index is 416. The van der Waals surface area contributed by atoms with Crippen molar-refractivity contribution in [3.63, 3.8) is 0 Å². The average Bonchev–Trinajstić information content (AvgIpc) is 2.41. The summed E-state index contributed by atoms with van der Waals surface area (Å²) in [7, 11) is 1.96. The van der Waals surface area contributed by atoms with Gasteiger partial charge in [-0.2, -0.15) is 5.10 Å². The van der Waals surface area contributed by atoms with Gasteiger partial charge >= 0.3 is 0 Å². The zero-order valence-corrected chi connectivity index (χ0v) is 9.96. The lowest BCUT2D eigenvalue weighted by Gasteiger charge is -2.05. The predicted molar refractivity (Wildman–Crippen MR) is 64.4 cm³/mol. The molecule has 0 aliphatic rings. The Balaban J connectivity index is 3.24. The molecule has 0 bridgehead atoms. The minimum absolute atomic E-state index is 1.01. The Morgan fingerprint density at radius 1 is 1.53 bits per heavy atom. The summed E-state index contributed by atoms with van der Waals surface area (Å²) >= 11 is 0. The molecule has 0 unspecified atom stereocenters. The van der Waals surface area contributed by atoms with Gasteiger partial charge in [-0.05, 0) is 31.9 Å². The van der Waals surface area contributed by atoms with E-state index in [-0.39, 0.29) is 0 Å². The summed E-state index contributed by atoms with van der Waals surface area (Å²) in [4.78, 5) is 0. The van der Waals surface area contributed by atoms with Crippen LogP contribution >= 0.6 is 0 Å². The lowest BCUT2D eigenvalue weighted by molar-refractivity contribution is 0.731. The minimum Gasteiger partial charge on any atom is -0.272 e. The first-order valence-electron chi connectivity index (χ1n) is 5.27. The van der Waals surface area contributed by atoms with Crippen molar-refractivity contribution in [3.8, 4) is 12.3 Å². The fourth-order valence-electron chi connectivity index (χ4n) is 1.88. The molecule has 0 saturated heterocycles. The largest absolute Gasteiger partial charge is 0.272 e. The van der Waals surface area contributed by atoms with E-state index in [1.165, 1.54) is 16.8 Å². The molecular formula is C13H18N2. The molecule has 0 fully saturated rings. The van der Waals surface area contributed by atoms with Crippen LogP contribution in [-0.4, -0.2) is 9.78 Å². The summed E-state index contributed by atoms with van der Waals surface area (Å²) in [6.45, 7) is 6.27. The fourth-order valence-corrected chi connectivity index (χ4v) is 1.88. The van der Waals surface area contributed by atoms with Crippen molar-refractivity contribution < 1.29 is 0 Å². The van der Waals surface area contributed by atoms with Crippen LogP contribution in [0.5, 0.6) is 0 Å². The van der Waals surface area contributed by atoms with E-state index in [0.29, 0.717) is 0 Å². The molecule has 80 valence electrons. The number of hydrogen-bond donors (Lipinski definition) is 0. The third-order valence-electron chi connectivity index (χ3n) is 2.61. The molecule has 15 heavy (non-hydrogen) atoms. The standard InChI is InChI=1S/C13H18N2/c1-6-8-12(9-7-2)13-10(3)14-15(5)11(13)4/h1,8H,7,9H2,2-5H3/b12-8-. The molecule has 0 aromatic carbocycles. The third kappa shape index (κ3) is 2.30. The maximum atomic E-state index is 5.35. The Morgan fingerprint density at radius 2 is 2.20 bits per heavy atom. The summed E-state index contributed by atoms with van der Waals surface area (Å²) < 4.78 is 1.91. The van der Waals surface area contributed by atoms with Gasteiger partial charge in [-0.3, -0.25) is 4.68 Å². The molecule has 0 saturated carbocycles. The van der Waals surface area contributed by atoms with E-state index in [9.17, 15) is 0 Å². The minimum atomic E-state index is 1.01. The van der Waals surface area contributed by atoms with Gasteiger partial charge in [0.2, 0.25) is 0 Å². The van der Waals surface area contributed by atoms with Gasteiger partial charge in [-0.1, -0.05) is 19.3 Å². The van der Waals surface area contributed by atoms with Crippen LogP contribution in [0.4, 0.5) is 0 Å². The van der Waals surface area contributed by atoms with Crippen LogP contribution in [0.2, 0.25) is 0 Å². The first kappa shape index (κ1) is 11.6. The highest BCUT2D eigenvalue weighted by molar-refractivity contribution is 5.71. The van der Waals surface area contributed by atoms with Crippen LogP contribution in [0.15, 0.2) is 6.08 Å². The van der Waals surface area contributed by atoms with Gasteiger partial charge in [0.1, 0.15) is 0 Å². The van der Waals surface area contributed by atoms with Crippen molar-refractivity contribution in [1.29, 1.82) is 0 Å².